The molecule has 1 aliphatic rings. The van der Waals surface area contributed by atoms with E-state index in [2.05, 4.69) is 39.0 Å². The number of anilines is 1. The predicted octanol–water partition coefficient (Wildman–Crippen LogP) is 7.81. The van der Waals surface area contributed by atoms with Crippen LogP contribution in [0.3, 0.4) is 0 Å². The first-order valence-corrected chi connectivity index (χ1v) is 13.5. The van der Waals surface area contributed by atoms with Crippen LogP contribution in [0.25, 0.3) is 23.0 Å². The quantitative estimate of drug-likeness (QED) is 0.214. The molecule has 6 rings (SSSR count). The van der Waals surface area contributed by atoms with Crippen molar-refractivity contribution in [1.82, 2.24) is 9.78 Å². The van der Waals surface area contributed by atoms with E-state index in [1.807, 2.05) is 108 Å². The Morgan fingerprint density at radius 3 is 2.05 bits per heavy atom. The maximum absolute atomic E-state index is 13.9. The summed E-state index contributed by atoms with van der Waals surface area (Å²) in [6.45, 7) is 6.49. The maximum Gasteiger partial charge on any atom is 0.281 e. The summed E-state index contributed by atoms with van der Waals surface area (Å²) in [4.78, 5) is 13.9. The fourth-order valence-corrected chi connectivity index (χ4v) is 4.92. The lowest BCUT2D eigenvalue weighted by atomic mass is 9.94. The summed E-state index contributed by atoms with van der Waals surface area (Å²) in [5.74, 6) is 0.209. The number of carbonyl (C=O) groups excluding carboxylic acids is 1. The number of hydrazone groups is 1. The topological polar surface area (TPSA) is 50.5 Å². The third-order valence-electron chi connectivity index (χ3n) is 7.17. The van der Waals surface area contributed by atoms with E-state index in [-0.39, 0.29) is 5.91 Å². The number of aryl methyl sites for hydroxylation is 1. The largest absolute Gasteiger partial charge is 0.281 e. The van der Waals surface area contributed by atoms with Gasteiger partial charge in [-0.3, -0.25) is 4.79 Å². The molecule has 0 aliphatic carbocycles. The molecular formula is C35H30N4O. The third kappa shape index (κ3) is 4.78. The van der Waals surface area contributed by atoms with Crippen LogP contribution in [-0.2, 0) is 4.79 Å². The SMILES string of the molecule is Cc1ccc(C(C)C)cc1-c1nn(-c2ccccc2)cc1C=C1C(=O)N(c2ccccc2)N=C1c1ccccc1. The molecule has 1 aliphatic heterocycles. The Balaban J connectivity index is 1.55. The van der Waals surface area contributed by atoms with E-state index in [0.29, 0.717) is 17.2 Å². The van der Waals surface area contributed by atoms with Gasteiger partial charge in [0.15, 0.2) is 0 Å². The van der Waals surface area contributed by atoms with Crippen molar-refractivity contribution in [1.29, 1.82) is 0 Å². The van der Waals surface area contributed by atoms with Gasteiger partial charge in [0.05, 0.1) is 16.9 Å². The maximum atomic E-state index is 13.9. The normalized spacial score (nSPS) is 14.3. The summed E-state index contributed by atoms with van der Waals surface area (Å²) in [5, 5.41) is 11.4. The Kier molecular flexibility index (Phi) is 6.71. The summed E-state index contributed by atoms with van der Waals surface area (Å²) in [6, 6.07) is 36.0. The molecule has 40 heavy (non-hydrogen) atoms. The molecule has 0 bridgehead atoms. The van der Waals surface area contributed by atoms with Crippen molar-refractivity contribution >= 4 is 23.4 Å². The van der Waals surface area contributed by atoms with E-state index < -0.39 is 0 Å². The highest BCUT2D eigenvalue weighted by atomic mass is 16.2. The molecule has 0 N–H and O–H groups in total. The monoisotopic (exact) mass is 522 g/mol. The molecule has 4 aromatic carbocycles. The van der Waals surface area contributed by atoms with Crippen molar-refractivity contribution in [2.24, 2.45) is 5.10 Å². The van der Waals surface area contributed by atoms with Crippen LogP contribution in [-0.4, -0.2) is 21.4 Å². The van der Waals surface area contributed by atoms with Gasteiger partial charge >= 0.3 is 0 Å². The van der Waals surface area contributed by atoms with Crippen LogP contribution in [0.1, 0.15) is 42.0 Å². The molecule has 0 radical (unpaired) electrons. The highest BCUT2D eigenvalue weighted by Gasteiger charge is 2.32. The van der Waals surface area contributed by atoms with E-state index in [4.69, 9.17) is 10.2 Å². The van der Waals surface area contributed by atoms with E-state index in [9.17, 15) is 4.79 Å². The molecule has 5 heteroatoms. The molecule has 0 fully saturated rings. The summed E-state index contributed by atoms with van der Waals surface area (Å²) < 4.78 is 1.89. The molecule has 196 valence electrons. The van der Waals surface area contributed by atoms with Gasteiger partial charge in [-0.2, -0.15) is 15.2 Å². The first-order chi connectivity index (χ1) is 19.5. The van der Waals surface area contributed by atoms with Crippen LogP contribution < -0.4 is 5.01 Å². The van der Waals surface area contributed by atoms with Crippen LogP contribution in [0.5, 0.6) is 0 Å². The Hall–Kier alpha value is -5.03. The standard InChI is InChI=1S/C35H30N4O/c1-24(2)27-20-19-25(3)31(21-27)34-28(23-38(36-34)29-15-9-5-10-16-29)22-32-33(26-13-7-4-8-14-26)37-39(35(32)40)30-17-11-6-12-18-30/h4-24H,1-3H3. The molecule has 1 amide bonds. The smallest absolute Gasteiger partial charge is 0.267 e. The van der Waals surface area contributed by atoms with Gasteiger partial charge in [0.1, 0.15) is 11.4 Å². The van der Waals surface area contributed by atoms with Crippen LogP contribution in [0.15, 0.2) is 126 Å². The average molecular weight is 523 g/mol. The van der Waals surface area contributed by atoms with Gasteiger partial charge in [-0.25, -0.2) is 4.68 Å². The minimum Gasteiger partial charge on any atom is -0.267 e. The zero-order valence-corrected chi connectivity index (χ0v) is 22.8. The second-order valence-electron chi connectivity index (χ2n) is 10.3. The summed E-state index contributed by atoms with van der Waals surface area (Å²) >= 11 is 0. The summed E-state index contributed by atoms with van der Waals surface area (Å²) in [5.41, 5.74) is 8.84. The molecule has 5 nitrogen and oxygen atoms in total. The Morgan fingerprint density at radius 2 is 1.40 bits per heavy atom. The van der Waals surface area contributed by atoms with E-state index >= 15 is 0 Å². The number of hydrogen-bond donors (Lipinski definition) is 0. The van der Waals surface area contributed by atoms with Crippen molar-refractivity contribution in [2.75, 3.05) is 5.01 Å². The second-order valence-corrected chi connectivity index (χ2v) is 10.3. The summed E-state index contributed by atoms with van der Waals surface area (Å²) in [7, 11) is 0. The number of amides is 1. The number of nitrogens with zero attached hydrogens (tertiary/aromatic N) is 4. The van der Waals surface area contributed by atoms with Crippen LogP contribution in [0.4, 0.5) is 5.69 Å². The van der Waals surface area contributed by atoms with Gasteiger partial charge in [0, 0.05) is 22.9 Å². The predicted molar refractivity (Wildman–Crippen MR) is 163 cm³/mol. The van der Waals surface area contributed by atoms with Crippen molar-refractivity contribution in [3.63, 3.8) is 0 Å². The Morgan fingerprint density at radius 1 is 0.775 bits per heavy atom. The summed E-state index contributed by atoms with van der Waals surface area (Å²) in [6.07, 6.45) is 3.95. The Bertz CT molecular complexity index is 1730. The van der Waals surface area contributed by atoms with Gasteiger partial charge < -0.3 is 0 Å². The van der Waals surface area contributed by atoms with Crippen LogP contribution in [0.2, 0.25) is 0 Å². The molecule has 2 heterocycles. The van der Waals surface area contributed by atoms with Crippen LogP contribution >= 0.6 is 0 Å². The number of hydrogen-bond acceptors (Lipinski definition) is 3. The van der Waals surface area contributed by atoms with Gasteiger partial charge in [-0.15, -0.1) is 0 Å². The van der Waals surface area contributed by atoms with Crippen molar-refractivity contribution in [3.8, 4) is 16.9 Å². The fourth-order valence-electron chi connectivity index (χ4n) is 4.92. The third-order valence-corrected chi connectivity index (χ3v) is 7.17. The minimum absolute atomic E-state index is 0.170. The number of benzene rings is 4. The molecular weight excluding hydrogens is 492 g/mol. The van der Waals surface area contributed by atoms with Crippen molar-refractivity contribution < 1.29 is 4.79 Å². The highest BCUT2D eigenvalue weighted by Crippen LogP contribution is 2.33. The number of carbonyl (C=O) groups is 1. The lowest BCUT2D eigenvalue weighted by Crippen LogP contribution is -2.21. The molecule has 0 atom stereocenters. The van der Waals surface area contributed by atoms with Gasteiger partial charge in [0.2, 0.25) is 0 Å². The number of rotatable bonds is 6. The molecule has 0 spiro atoms. The van der Waals surface area contributed by atoms with Gasteiger partial charge in [-0.1, -0.05) is 92.7 Å². The molecule has 1 aromatic heterocycles. The molecule has 0 saturated heterocycles. The van der Waals surface area contributed by atoms with Crippen molar-refractivity contribution in [3.05, 3.63) is 143 Å². The van der Waals surface area contributed by atoms with E-state index in [1.54, 1.807) is 0 Å². The zero-order valence-electron chi connectivity index (χ0n) is 22.8. The number of para-hydroxylation sites is 2. The van der Waals surface area contributed by atoms with Gasteiger partial charge in [0.25, 0.3) is 5.91 Å². The van der Waals surface area contributed by atoms with E-state index in [1.165, 1.54) is 10.6 Å². The highest BCUT2D eigenvalue weighted by molar-refractivity contribution is 6.37. The lowest BCUT2D eigenvalue weighted by molar-refractivity contribution is -0.114. The minimum atomic E-state index is -0.170. The van der Waals surface area contributed by atoms with E-state index in [0.717, 1.165) is 39.3 Å². The first-order valence-electron chi connectivity index (χ1n) is 13.5. The average Bonchev–Trinajstić information content (AvgIpc) is 3.56. The molecule has 5 aromatic rings. The zero-order chi connectivity index (χ0) is 27.6. The lowest BCUT2D eigenvalue weighted by Gasteiger charge is -2.11. The van der Waals surface area contributed by atoms with Crippen LogP contribution in [0, 0.1) is 6.92 Å². The fraction of sp³-hybridized carbons (Fsp3) is 0.114. The van der Waals surface area contributed by atoms with Gasteiger partial charge in [-0.05, 0) is 60.4 Å². The molecule has 0 unspecified atom stereocenters. The Labute approximate surface area is 234 Å². The van der Waals surface area contributed by atoms with Crippen molar-refractivity contribution in [2.45, 2.75) is 26.7 Å². The second kappa shape index (κ2) is 10.6. The number of aromatic nitrogens is 2. The molecule has 0 saturated carbocycles. The first kappa shape index (κ1) is 25.3.